The van der Waals surface area contributed by atoms with Crippen molar-refractivity contribution in [3.63, 3.8) is 0 Å². The standard InChI is InChI=1S/C25H24N6/c1-4-6-18-13-19(8-9-21(18)26-3)23-14-24(31-16-30-23)29-15-17(2)20-10-12-27-22-7-5-11-28-25(20)22/h4-14,16-17H,3,15H2,1-2H3,(H,29,30,31)/b6-4-/t17-/m1/s1. The first-order valence-electron chi connectivity index (χ1n) is 10.2. The molecule has 0 saturated heterocycles. The highest BCUT2D eigenvalue weighted by Crippen LogP contribution is 2.28. The molecule has 0 bridgehead atoms. The molecule has 3 aromatic heterocycles. The van der Waals surface area contributed by atoms with E-state index in [0.29, 0.717) is 0 Å². The molecular weight excluding hydrogens is 384 g/mol. The van der Waals surface area contributed by atoms with Gasteiger partial charge in [0, 0.05) is 42.0 Å². The summed E-state index contributed by atoms with van der Waals surface area (Å²) in [6.45, 7) is 8.52. The molecule has 0 aliphatic rings. The van der Waals surface area contributed by atoms with Crippen LogP contribution in [0.3, 0.4) is 0 Å². The maximum atomic E-state index is 4.51. The Morgan fingerprint density at radius 2 is 1.97 bits per heavy atom. The third-order valence-corrected chi connectivity index (χ3v) is 5.15. The monoisotopic (exact) mass is 408 g/mol. The zero-order valence-electron chi connectivity index (χ0n) is 17.7. The Balaban J connectivity index is 1.54. The molecule has 154 valence electrons. The molecule has 0 saturated carbocycles. The van der Waals surface area contributed by atoms with E-state index in [2.05, 4.69) is 50.0 Å². The van der Waals surface area contributed by atoms with E-state index in [-0.39, 0.29) is 5.92 Å². The molecule has 1 aromatic carbocycles. The number of allylic oxidation sites excluding steroid dienone is 1. The Labute approximate surface area is 181 Å². The maximum absolute atomic E-state index is 4.51. The van der Waals surface area contributed by atoms with Crippen LogP contribution in [-0.4, -0.2) is 33.2 Å². The average Bonchev–Trinajstić information content (AvgIpc) is 2.82. The van der Waals surface area contributed by atoms with Crippen LogP contribution in [0.1, 0.15) is 30.9 Å². The lowest BCUT2D eigenvalue weighted by Gasteiger charge is -2.15. The Morgan fingerprint density at radius 3 is 2.81 bits per heavy atom. The number of anilines is 1. The number of fused-ring (bicyclic) bond motifs is 1. The van der Waals surface area contributed by atoms with Gasteiger partial charge in [-0.1, -0.05) is 25.1 Å². The zero-order valence-corrected chi connectivity index (χ0v) is 17.7. The molecule has 0 aliphatic heterocycles. The second-order valence-corrected chi connectivity index (χ2v) is 7.27. The summed E-state index contributed by atoms with van der Waals surface area (Å²) in [7, 11) is 0. The van der Waals surface area contributed by atoms with Gasteiger partial charge in [-0.25, -0.2) is 9.97 Å². The van der Waals surface area contributed by atoms with Crippen molar-refractivity contribution < 1.29 is 0 Å². The number of hydrogen-bond acceptors (Lipinski definition) is 6. The van der Waals surface area contributed by atoms with E-state index in [0.717, 1.165) is 51.5 Å². The van der Waals surface area contributed by atoms with Gasteiger partial charge in [0.1, 0.15) is 12.1 Å². The van der Waals surface area contributed by atoms with E-state index >= 15 is 0 Å². The van der Waals surface area contributed by atoms with E-state index < -0.39 is 0 Å². The van der Waals surface area contributed by atoms with Gasteiger partial charge in [0.05, 0.1) is 22.4 Å². The van der Waals surface area contributed by atoms with E-state index in [1.807, 2.05) is 61.7 Å². The summed E-state index contributed by atoms with van der Waals surface area (Å²) in [6.07, 6.45) is 9.23. The van der Waals surface area contributed by atoms with Crippen molar-refractivity contribution in [2.24, 2.45) is 4.99 Å². The summed E-state index contributed by atoms with van der Waals surface area (Å²) >= 11 is 0. The first-order valence-corrected chi connectivity index (χ1v) is 10.2. The predicted molar refractivity (Wildman–Crippen MR) is 128 cm³/mol. The quantitative estimate of drug-likeness (QED) is 0.399. The molecular formula is C25H24N6. The molecule has 4 aromatic rings. The van der Waals surface area contributed by atoms with E-state index in [9.17, 15) is 0 Å². The number of pyridine rings is 2. The number of rotatable bonds is 7. The van der Waals surface area contributed by atoms with Gasteiger partial charge >= 0.3 is 0 Å². The van der Waals surface area contributed by atoms with Crippen LogP contribution in [0, 0.1) is 0 Å². The lowest BCUT2D eigenvalue weighted by Crippen LogP contribution is -2.12. The summed E-state index contributed by atoms with van der Waals surface area (Å²) in [5.41, 5.74) is 6.72. The van der Waals surface area contributed by atoms with Crippen molar-refractivity contribution in [2.45, 2.75) is 19.8 Å². The highest BCUT2D eigenvalue weighted by atomic mass is 15.0. The van der Waals surface area contributed by atoms with Crippen molar-refractivity contribution in [3.05, 3.63) is 78.4 Å². The summed E-state index contributed by atoms with van der Waals surface area (Å²) in [5, 5.41) is 3.44. The first kappa shape index (κ1) is 20.3. The van der Waals surface area contributed by atoms with E-state index in [4.69, 9.17) is 0 Å². The van der Waals surface area contributed by atoms with Crippen molar-refractivity contribution >= 4 is 35.3 Å². The molecule has 6 nitrogen and oxygen atoms in total. The largest absolute Gasteiger partial charge is 0.369 e. The van der Waals surface area contributed by atoms with Crippen LogP contribution in [0.25, 0.3) is 28.4 Å². The Hall–Kier alpha value is -3.93. The molecule has 0 aliphatic carbocycles. The maximum Gasteiger partial charge on any atom is 0.129 e. The Kier molecular flexibility index (Phi) is 6.08. The minimum Gasteiger partial charge on any atom is -0.369 e. The molecule has 0 fully saturated rings. The summed E-state index contributed by atoms with van der Waals surface area (Å²) < 4.78 is 0. The fraction of sp³-hybridized carbons (Fsp3) is 0.160. The number of nitrogens with one attached hydrogen (secondary N) is 1. The van der Waals surface area contributed by atoms with Crippen LogP contribution in [0.5, 0.6) is 0 Å². The van der Waals surface area contributed by atoms with Crippen LogP contribution in [0.2, 0.25) is 0 Å². The average molecular weight is 409 g/mol. The van der Waals surface area contributed by atoms with Gasteiger partial charge in [-0.2, -0.15) is 0 Å². The zero-order chi connectivity index (χ0) is 21.6. The SMILES string of the molecule is C=Nc1ccc(-c2cc(NC[C@@H](C)c3ccnc4cccnc34)ncn2)cc1/C=C\C. The molecule has 0 radical (unpaired) electrons. The smallest absolute Gasteiger partial charge is 0.129 e. The fourth-order valence-corrected chi connectivity index (χ4v) is 3.55. The highest BCUT2D eigenvalue weighted by molar-refractivity contribution is 5.78. The van der Waals surface area contributed by atoms with Crippen LogP contribution in [0.15, 0.2) is 72.3 Å². The van der Waals surface area contributed by atoms with Gasteiger partial charge in [0.15, 0.2) is 0 Å². The van der Waals surface area contributed by atoms with Crippen molar-refractivity contribution in [3.8, 4) is 11.3 Å². The van der Waals surface area contributed by atoms with Gasteiger partial charge in [-0.15, -0.1) is 0 Å². The van der Waals surface area contributed by atoms with Gasteiger partial charge in [-0.05, 0) is 49.5 Å². The van der Waals surface area contributed by atoms with Gasteiger partial charge < -0.3 is 5.32 Å². The predicted octanol–water partition coefficient (Wildman–Crippen LogP) is 5.67. The lowest BCUT2D eigenvalue weighted by atomic mass is 10.0. The molecule has 0 spiro atoms. The topological polar surface area (TPSA) is 76.0 Å². The summed E-state index contributed by atoms with van der Waals surface area (Å²) in [4.78, 5) is 21.8. The highest BCUT2D eigenvalue weighted by Gasteiger charge is 2.12. The molecule has 0 unspecified atom stereocenters. The van der Waals surface area contributed by atoms with Crippen LogP contribution in [-0.2, 0) is 0 Å². The molecule has 1 N–H and O–H groups in total. The third kappa shape index (κ3) is 4.48. The molecule has 6 heteroatoms. The molecule has 4 rings (SSSR count). The minimum absolute atomic E-state index is 0.234. The fourth-order valence-electron chi connectivity index (χ4n) is 3.55. The van der Waals surface area contributed by atoms with Crippen molar-refractivity contribution in [1.82, 2.24) is 19.9 Å². The van der Waals surface area contributed by atoms with Crippen molar-refractivity contribution in [1.29, 1.82) is 0 Å². The van der Waals surface area contributed by atoms with Gasteiger partial charge in [0.2, 0.25) is 0 Å². The van der Waals surface area contributed by atoms with Gasteiger partial charge in [-0.3, -0.25) is 15.0 Å². The van der Waals surface area contributed by atoms with Gasteiger partial charge in [0.25, 0.3) is 0 Å². The number of nitrogens with zero attached hydrogens (tertiary/aromatic N) is 5. The normalized spacial score (nSPS) is 12.2. The van der Waals surface area contributed by atoms with Crippen LogP contribution < -0.4 is 5.32 Å². The number of aliphatic imine (C=N–C) groups is 1. The molecule has 1 atom stereocenters. The molecule has 0 amide bonds. The van der Waals surface area contributed by atoms with E-state index in [1.54, 1.807) is 12.5 Å². The molecule has 3 heterocycles. The third-order valence-electron chi connectivity index (χ3n) is 5.15. The Bertz CT molecular complexity index is 1240. The van der Waals surface area contributed by atoms with Crippen LogP contribution in [0.4, 0.5) is 11.5 Å². The second-order valence-electron chi connectivity index (χ2n) is 7.27. The summed E-state index contributed by atoms with van der Waals surface area (Å²) in [5.74, 6) is 1.01. The van der Waals surface area contributed by atoms with Crippen LogP contribution >= 0.6 is 0 Å². The first-order chi connectivity index (χ1) is 15.2. The number of hydrogen-bond donors (Lipinski definition) is 1. The summed E-state index contributed by atoms with van der Waals surface area (Å²) in [6, 6.07) is 13.9. The number of benzene rings is 1. The lowest BCUT2D eigenvalue weighted by molar-refractivity contribution is 0.804. The molecule has 31 heavy (non-hydrogen) atoms. The number of aromatic nitrogens is 4. The second kappa shape index (κ2) is 9.26. The van der Waals surface area contributed by atoms with Crippen molar-refractivity contribution in [2.75, 3.05) is 11.9 Å². The van der Waals surface area contributed by atoms with E-state index in [1.165, 1.54) is 0 Å². The Morgan fingerprint density at radius 1 is 1.06 bits per heavy atom. The minimum atomic E-state index is 0.234.